The molecule has 84 valence electrons. The van der Waals surface area contributed by atoms with Crippen LogP contribution in [0.3, 0.4) is 0 Å². The Morgan fingerprint density at radius 3 is 2.81 bits per heavy atom. The Hall–Kier alpha value is -1.07. The van der Waals surface area contributed by atoms with Crippen LogP contribution >= 0.6 is 23.1 Å². The highest BCUT2D eigenvalue weighted by Gasteiger charge is 2.12. The lowest BCUT2D eigenvalue weighted by molar-refractivity contribution is 0.611. The van der Waals surface area contributed by atoms with E-state index in [4.69, 9.17) is 5.73 Å². The lowest BCUT2D eigenvalue weighted by atomic mass is 10.1. The molecule has 0 amide bonds. The van der Waals surface area contributed by atoms with Crippen molar-refractivity contribution >= 4 is 28.2 Å². The van der Waals surface area contributed by atoms with Crippen LogP contribution in [0.4, 0.5) is 9.52 Å². The molecule has 1 aromatic carbocycles. The van der Waals surface area contributed by atoms with E-state index in [1.807, 2.05) is 13.0 Å². The summed E-state index contributed by atoms with van der Waals surface area (Å²) < 4.78 is 14.5. The van der Waals surface area contributed by atoms with Crippen molar-refractivity contribution in [2.75, 3.05) is 5.73 Å². The Kier molecular flexibility index (Phi) is 3.46. The third-order valence-corrected chi connectivity index (χ3v) is 4.24. The third kappa shape index (κ3) is 2.54. The van der Waals surface area contributed by atoms with Crippen molar-refractivity contribution in [2.45, 2.75) is 16.4 Å². The molecule has 0 aliphatic carbocycles. The van der Waals surface area contributed by atoms with Gasteiger partial charge in [0.15, 0.2) is 5.13 Å². The normalized spacial score (nSPS) is 12.6. The van der Waals surface area contributed by atoms with Gasteiger partial charge in [-0.15, -0.1) is 11.8 Å². The van der Waals surface area contributed by atoms with Gasteiger partial charge in [-0.1, -0.05) is 29.5 Å². The first kappa shape index (κ1) is 11.4. The second kappa shape index (κ2) is 4.84. The first-order valence-corrected chi connectivity index (χ1v) is 6.49. The lowest BCUT2D eigenvalue weighted by Crippen LogP contribution is -1.91. The molecule has 1 heterocycles. The van der Waals surface area contributed by atoms with Crippen LogP contribution < -0.4 is 5.73 Å². The van der Waals surface area contributed by atoms with Gasteiger partial charge in [0.1, 0.15) is 5.82 Å². The van der Waals surface area contributed by atoms with Crippen LogP contribution in [0.2, 0.25) is 0 Å². The lowest BCUT2D eigenvalue weighted by Gasteiger charge is -2.10. The van der Waals surface area contributed by atoms with Gasteiger partial charge in [-0.05, 0) is 13.0 Å². The molecule has 2 rings (SSSR count). The minimum absolute atomic E-state index is 0.0565. The summed E-state index contributed by atoms with van der Waals surface area (Å²) in [6, 6.07) is 6.82. The van der Waals surface area contributed by atoms with Gasteiger partial charge in [0.25, 0.3) is 0 Å². The van der Waals surface area contributed by atoms with Gasteiger partial charge in [0.05, 0.1) is 10.4 Å². The maximum absolute atomic E-state index is 13.5. The summed E-state index contributed by atoms with van der Waals surface area (Å²) in [6.07, 6.45) is 1.72. The number of nitrogens with zero attached hydrogens (tertiary/aromatic N) is 1. The van der Waals surface area contributed by atoms with Gasteiger partial charge in [-0.2, -0.15) is 0 Å². The molecule has 0 spiro atoms. The first-order chi connectivity index (χ1) is 7.66. The minimum atomic E-state index is -0.167. The summed E-state index contributed by atoms with van der Waals surface area (Å²) in [6.45, 7) is 1.97. The zero-order chi connectivity index (χ0) is 11.5. The molecule has 5 heteroatoms. The number of aromatic nitrogens is 1. The number of nitrogens with two attached hydrogens (primary N) is 1. The predicted octanol–water partition coefficient (Wildman–Crippen LogP) is 3.72. The summed E-state index contributed by atoms with van der Waals surface area (Å²) in [5, 5.41) is 0.601. The fraction of sp³-hybridized carbons (Fsp3) is 0.182. The van der Waals surface area contributed by atoms with E-state index in [1.165, 1.54) is 17.4 Å². The summed E-state index contributed by atoms with van der Waals surface area (Å²) in [5.74, 6) is -0.167. The summed E-state index contributed by atoms with van der Waals surface area (Å²) in [5.41, 5.74) is 6.25. The number of hydrogen-bond donors (Lipinski definition) is 1. The van der Waals surface area contributed by atoms with Crippen LogP contribution in [0.1, 0.15) is 17.7 Å². The van der Waals surface area contributed by atoms with Crippen LogP contribution in [-0.2, 0) is 0 Å². The van der Waals surface area contributed by atoms with Crippen molar-refractivity contribution in [3.63, 3.8) is 0 Å². The van der Waals surface area contributed by atoms with Gasteiger partial charge in [0, 0.05) is 10.8 Å². The molecule has 2 N–H and O–H groups in total. The van der Waals surface area contributed by atoms with Gasteiger partial charge in [-0.3, -0.25) is 0 Å². The zero-order valence-corrected chi connectivity index (χ0v) is 10.3. The molecule has 0 unspecified atom stereocenters. The maximum Gasteiger partial charge on any atom is 0.181 e. The number of benzene rings is 1. The van der Waals surface area contributed by atoms with Crippen molar-refractivity contribution in [1.82, 2.24) is 4.98 Å². The van der Waals surface area contributed by atoms with Crippen molar-refractivity contribution in [3.8, 4) is 0 Å². The SMILES string of the molecule is C[C@H](Sc1cnc(N)s1)c1ccccc1F. The van der Waals surface area contributed by atoms with Gasteiger partial charge < -0.3 is 5.73 Å². The molecule has 0 aliphatic heterocycles. The summed E-state index contributed by atoms with van der Waals surface area (Å²) >= 11 is 2.99. The first-order valence-electron chi connectivity index (χ1n) is 4.79. The molecule has 0 aliphatic rings. The molecule has 2 nitrogen and oxygen atoms in total. The van der Waals surface area contributed by atoms with Crippen molar-refractivity contribution in [3.05, 3.63) is 41.8 Å². The zero-order valence-electron chi connectivity index (χ0n) is 8.68. The molecule has 0 fully saturated rings. The van der Waals surface area contributed by atoms with Crippen LogP contribution in [0.25, 0.3) is 0 Å². The van der Waals surface area contributed by atoms with Crippen LogP contribution in [0.5, 0.6) is 0 Å². The predicted molar refractivity (Wildman–Crippen MR) is 67.2 cm³/mol. The fourth-order valence-electron chi connectivity index (χ4n) is 1.37. The largest absolute Gasteiger partial charge is 0.375 e. The topological polar surface area (TPSA) is 38.9 Å². The van der Waals surface area contributed by atoms with E-state index in [1.54, 1.807) is 30.1 Å². The molecule has 1 aromatic heterocycles. The standard InChI is InChI=1S/C11H11FN2S2/c1-7(8-4-2-3-5-9(8)12)15-10-6-14-11(13)16-10/h2-7H,1H3,(H2,13,14)/t7-/m0/s1. The minimum Gasteiger partial charge on any atom is -0.375 e. The van der Waals surface area contributed by atoms with Crippen molar-refractivity contribution in [1.29, 1.82) is 0 Å². The van der Waals surface area contributed by atoms with E-state index in [2.05, 4.69) is 4.98 Å². The highest BCUT2D eigenvalue weighted by atomic mass is 32.2. The Morgan fingerprint density at radius 2 is 2.19 bits per heavy atom. The van der Waals surface area contributed by atoms with E-state index in [0.717, 1.165) is 4.21 Å². The average molecular weight is 254 g/mol. The van der Waals surface area contributed by atoms with Gasteiger partial charge in [-0.25, -0.2) is 9.37 Å². The van der Waals surface area contributed by atoms with Gasteiger partial charge >= 0.3 is 0 Å². The molecule has 0 bridgehead atoms. The number of rotatable bonds is 3. The molecule has 0 radical (unpaired) electrons. The average Bonchev–Trinajstić information content (AvgIpc) is 2.64. The highest BCUT2D eigenvalue weighted by Crippen LogP contribution is 2.38. The Labute approximate surface area is 102 Å². The highest BCUT2D eigenvalue weighted by molar-refractivity contribution is 8.01. The Morgan fingerprint density at radius 1 is 1.44 bits per heavy atom. The van der Waals surface area contributed by atoms with Crippen LogP contribution in [-0.4, -0.2) is 4.98 Å². The Balaban J connectivity index is 2.14. The second-order valence-electron chi connectivity index (χ2n) is 3.30. The fourth-order valence-corrected chi connectivity index (χ4v) is 3.45. The quantitative estimate of drug-likeness (QED) is 0.848. The van der Waals surface area contributed by atoms with E-state index >= 15 is 0 Å². The number of anilines is 1. The monoisotopic (exact) mass is 254 g/mol. The summed E-state index contributed by atoms with van der Waals surface area (Å²) in [7, 11) is 0. The number of nitrogen functional groups attached to an aromatic ring is 1. The van der Waals surface area contributed by atoms with E-state index in [9.17, 15) is 4.39 Å². The molecular weight excluding hydrogens is 243 g/mol. The summed E-state index contributed by atoms with van der Waals surface area (Å²) in [4.78, 5) is 3.97. The van der Waals surface area contributed by atoms with Gasteiger partial charge in [0.2, 0.25) is 0 Å². The van der Waals surface area contributed by atoms with Crippen molar-refractivity contribution < 1.29 is 4.39 Å². The van der Waals surface area contributed by atoms with E-state index < -0.39 is 0 Å². The molecule has 2 aromatic rings. The molecular formula is C11H11FN2S2. The second-order valence-corrected chi connectivity index (χ2v) is 6.00. The van der Waals surface area contributed by atoms with Crippen LogP contribution in [0, 0.1) is 5.82 Å². The maximum atomic E-state index is 13.5. The molecule has 16 heavy (non-hydrogen) atoms. The number of thiazole rings is 1. The van der Waals surface area contributed by atoms with E-state index in [0.29, 0.717) is 10.7 Å². The molecule has 0 saturated carbocycles. The van der Waals surface area contributed by atoms with E-state index in [-0.39, 0.29) is 11.1 Å². The third-order valence-electron chi connectivity index (χ3n) is 2.14. The number of halogens is 1. The smallest absolute Gasteiger partial charge is 0.181 e. The number of thioether (sulfide) groups is 1. The molecule has 0 saturated heterocycles. The van der Waals surface area contributed by atoms with Crippen molar-refractivity contribution in [2.24, 2.45) is 0 Å². The Bertz CT molecular complexity index is 484. The number of hydrogen-bond acceptors (Lipinski definition) is 4. The molecule has 1 atom stereocenters. The van der Waals surface area contributed by atoms with Crippen LogP contribution in [0.15, 0.2) is 34.7 Å².